The van der Waals surface area contributed by atoms with Crippen molar-refractivity contribution in [2.45, 2.75) is 25.8 Å². The van der Waals surface area contributed by atoms with E-state index in [2.05, 4.69) is 4.90 Å². The molecule has 6 nitrogen and oxygen atoms in total. The fraction of sp³-hybridized carbons (Fsp3) is 0.375. The number of hydrogen-bond donors (Lipinski definition) is 0. The monoisotopic (exact) mass is 406 g/mol. The highest BCUT2D eigenvalue weighted by atomic mass is 16.2. The average Bonchev–Trinajstić information content (AvgIpc) is 2.74. The summed E-state index contributed by atoms with van der Waals surface area (Å²) in [6, 6.07) is 16.9. The smallest absolute Gasteiger partial charge is 0.261 e. The van der Waals surface area contributed by atoms with Crippen LogP contribution in [0.15, 0.2) is 59.4 Å². The van der Waals surface area contributed by atoms with Gasteiger partial charge in [-0.1, -0.05) is 49.4 Å². The molecule has 0 N–H and O–H groups in total. The van der Waals surface area contributed by atoms with Gasteiger partial charge in [-0.2, -0.15) is 0 Å². The van der Waals surface area contributed by atoms with Crippen molar-refractivity contribution < 1.29 is 4.79 Å². The molecule has 1 amide bonds. The number of para-hydroxylation sites is 1. The van der Waals surface area contributed by atoms with Crippen LogP contribution in [0.2, 0.25) is 0 Å². The number of rotatable bonds is 8. The molecule has 3 rings (SSSR count). The summed E-state index contributed by atoms with van der Waals surface area (Å²) < 4.78 is 1.59. The molecule has 0 fully saturated rings. The van der Waals surface area contributed by atoms with Crippen LogP contribution in [-0.2, 0) is 18.3 Å². The van der Waals surface area contributed by atoms with E-state index >= 15 is 0 Å². The van der Waals surface area contributed by atoms with E-state index in [1.165, 1.54) is 0 Å². The lowest BCUT2D eigenvalue weighted by molar-refractivity contribution is -0.133. The zero-order chi connectivity index (χ0) is 21.7. The molecule has 0 bridgehead atoms. The van der Waals surface area contributed by atoms with Crippen LogP contribution in [0.5, 0.6) is 0 Å². The zero-order valence-electron chi connectivity index (χ0n) is 18.2. The first-order chi connectivity index (χ1) is 14.4. The Hall–Kier alpha value is -2.99. The van der Waals surface area contributed by atoms with Crippen molar-refractivity contribution in [1.29, 1.82) is 0 Å². The quantitative estimate of drug-likeness (QED) is 0.577. The minimum Gasteiger partial charge on any atom is -0.331 e. The molecule has 1 atom stereocenters. The molecule has 0 radical (unpaired) electrons. The number of amides is 1. The largest absolute Gasteiger partial charge is 0.331 e. The van der Waals surface area contributed by atoms with E-state index < -0.39 is 0 Å². The number of benzene rings is 2. The summed E-state index contributed by atoms with van der Waals surface area (Å²) in [5, 5.41) is 0.592. The first-order valence-corrected chi connectivity index (χ1v) is 10.4. The van der Waals surface area contributed by atoms with Gasteiger partial charge in [0.1, 0.15) is 5.82 Å². The number of nitrogens with zero attached hydrogens (tertiary/aromatic N) is 4. The molecule has 0 aliphatic heterocycles. The van der Waals surface area contributed by atoms with E-state index in [4.69, 9.17) is 4.98 Å². The van der Waals surface area contributed by atoms with Gasteiger partial charge in [0.2, 0.25) is 5.91 Å². The Labute approximate surface area is 177 Å². The van der Waals surface area contributed by atoms with Crippen molar-refractivity contribution in [3.05, 3.63) is 76.3 Å². The van der Waals surface area contributed by atoms with E-state index in [0.717, 1.165) is 12.1 Å². The normalized spacial score (nSPS) is 12.3. The summed E-state index contributed by atoms with van der Waals surface area (Å²) in [4.78, 5) is 35.0. The molecule has 6 heteroatoms. The highest BCUT2D eigenvalue weighted by molar-refractivity contribution is 5.80. The molecule has 0 aliphatic rings. The summed E-state index contributed by atoms with van der Waals surface area (Å²) in [5.41, 5.74) is 1.56. The van der Waals surface area contributed by atoms with Crippen molar-refractivity contribution in [3.63, 3.8) is 0 Å². The Bertz CT molecular complexity index is 1060. The molecule has 158 valence electrons. The van der Waals surface area contributed by atoms with Crippen molar-refractivity contribution in [2.75, 3.05) is 27.2 Å². The number of aromatic nitrogens is 2. The van der Waals surface area contributed by atoms with Gasteiger partial charge >= 0.3 is 0 Å². The SMILES string of the molecule is CCC(c1nc2ccccc2c(=O)n1C)N(CCN(C)C)C(=O)Cc1ccccc1. The summed E-state index contributed by atoms with van der Waals surface area (Å²) in [7, 11) is 5.72. The van der Waals surface area contributed by atoms with Gasteiger partial charge in [0.25, 0.3) is 5.56 Å². The van der Waals surface area contributed by atoms with Crippen LogP contribution in [0, 0.1) is 0 Å². The Morgan fingerprint density at radius 1 is 1.03 bits per heavy atom. The first kappa shape index (κ1) is 21.7. The second-order valence-corrected chi connectivity index (χ2v) is 7.83. The second-order valence-electron chi connectivity index (χ2n) is 7.83. The molecule has 1 unspecified atom stereocenters. The van der Waals surface area contributed by atoms with E-state index in [9.17, 15) is 9.59 Å². The summed E-state index contributed by atoms with van der Waals surface area (Å²) in [6.45, 7) is 3.34. The minimum atomic E-state index is -0.275. The lowest BCUT2D eigenvalue weighted by Gasteiger charge is -2.33. The number of carbonyl (C=O) groups is 1. The number of hydrogen-bond acceptors (Lipinski definition) is 4. The second kappa shape index (κ2) is 9.67. The summed E-state index contributed by atoms with van der Waals surface area (Å²) in [6.07, 6.45) is 0.999. The fourth-order valence-electron chi connectivity index (χ4n) is 3.71. The molecule has 30 heavy (non-hydrogen) atoms. The summed E-state index contributed by atoms with van der Waals surface area (Å²) in [5.74, 6) is 0.665. The molecule has 3 aromatic rings. The third-order valence-corrected chi connectivity index (χ3v) is 5.39. The van der Waals surface area contributed by atoms with Crippen molar-refractivity contribution >= 4 is 16.8 Å². The van der Waals surface area contributed by atoms with Crippen LogP contribution >= 0.6 is 0 Å². The fourth-order valence-corrected chi connectivity index (χ4v) is 3.71. The molecule has 0 saturated carbocycles. The molecular weight excluding hydrogens is 376 g/mol. The van der Waals surface area contributed by atoms with E-state index in [-0.39, 0.29) is 17.5 Å². The van der Waals surface area contributed by atoms with Crippen LogP contribution in [-0.4, -0.2) is 52.4 Å². The lowest BCUT2D eigenvalue weighted by Crippen LogP contribution is -2.42. The first-order valence-electron chi connectivity index (χ1n) is 10.4. The van der Waals surface area contributed by atoms with Crippen molar-refractivity contribution in [2.24, 2.45) is 7.05 Å². The van der Waals surface area contributed by atoms with Gasteiger partial charge in [-0.05, 0) is 38.2 Å². The van der Waals surface area contributed by atoms with E-state index in [1.54, 1.807) is 17.7 Å². The third kappa shape index (κ3) is 4.76. The Kier molecular flexibility index (Phi) is 7.00. The highest BCUT2D eigenvalue weighted by Crippen LogP contribution is 2.24. The maximum Gasteiger partial charge on any atom is 0.261 e. The van der Waals surface area contributed by atoms with Crippen LogP contribution in [0.3, 0.4) is 0 Å². The van der Waals surface area contributed by atoms with Crippen LogP contribution < -0.4 is 5.56 Å². The van der Waals surface area contributed by atoms with E-state index in [1.807, 2.05) is 74.4 Å². The molecule has 1 heterocycles. The molecule has 0 aliphatic carbocycles. The summed E-state index contributed by atoms with van der Waals surface area (Å²) >= 11 is 0. The Morgan fingerprint density at radius 3 is 2.37 bits per heavy atom. The van der Waals surface area contributed by atoms with Gasteiger partial charge in [-0.15, -0.1) is 0 Å². The van der Waals surface area contributed by atoms with Gasteiger partial charge in [0.05, 0.1) is 23.4 Å². The Morgan fingerprint density at radius 2 is 1.70 bits per heavy atom. The van der Waals surface area contributed by atoms with Gasteiger partial charge in [-0.3, -0.25) is 14.2 Å². The van der Waals surface area contributed by atoms with Crippen molar-refractivity contribution in [3.8, 4) is 0 Å². The van der Waals surface area contributed by atoms with Gasteiger partial charge < -0.3 is 9.80 Å². The standard InChI is InChI=1S/C24H30N4O2/c1-5-21(23-25-20-14-10-9-13-19(20)24(30)27(23)4)28(16-15-26(2)3)22(29)17-18-11-7-6-8-12-18/h6-14,21H,5,15-17H2,1-4H3. The maximum atomic E-state index is 13.4. The van der Waals surface area contributed by atoms with E-state index in [0.29, 0.717) is 36.1 Å². The van der Waals surface area contributed by atoms with Gasteiger partial charge in [-0.25, -0.2) is 4.98 Å². The lowest BCUT2D eigenvalue weighted by atomic mass is 10.1. The molecular formula is C24H30N4O2. The molecule has 0 spiro atoms. The average molecular weight is 407 g/mol. The van der Waals surface area contributed by atoms with Crippen LogP contribution in [0.4, 0.5) is 0 Å². The maximum absolute atomic E-state index is 13.4. The predicted molar refractivity (Wildman–Crippen MR) is 120 cm³/mol. The number of carbonyl (C=O) groups excluding carboxylic acids is 1. The van der Waals surface area contributed by atoms with Gasteiger partial charge in [0, 0.05) is 20.1 Å². The highest BCUT2D eigenvalue weighted by Gasteiger charge is 2.27. The van der Waals surface area contributed by atoms with Crippen LogP contribution in [0.25, 0.3) is 10.9 Å². The number of fused-ring (bicyclic) bond motifs is 1. The molecule has 0 saturated heterocycles. The molecule has 2 aromatic carbocycles. The number of likely N-dealkylation sites (N-methyl/N-ethyl adjacent to an activating group) is 1. The van der Waals surface area contributed by atoms with Gasteiger partial charge in [0.15, 0.2) is 0 Å². The zero-order valence-corrected chi connectivity index (χ0v) is 18.2. The topological polar surface area (TPSA) is 58.4 Å². The molecule has 1 aromatic heterocycles. The third-order valence-electron chi connectivity index (χ3n) is 5.39. The minimum absolute atomic E-state index is 0.0392. The van der Waals surface area contributed by atoms with Crippen LogP contribution in [0.1, 0.15) is 30.8 Å². The predicted octanol–water partition coefficient (Wildman–Crippen LogP) is 3.02. The Balaban J connectivity index is 2.02. The van der Waals surface area contributed by atoms with Crippen molar-refractivity contribution in [1.82, 2.24) is 19.4 Å².